The summed E-state index contributed by atoms with van der Waals surface area (Å²) in [6.45, 7) is 2.79. The van der Waals surface area contributed by atoms with Gasteiger partial charge < -0.3 is 10.6 Å². The standard InChI is InChI=1S/C14H15F3N2S/c1-2-19(9-11-4-3-7-20-11)13-6-5-10(18)8-12(13)14(15,16)17/h3-8H,2,9,18H2,1H3. The first-order valence-corrected chi connectivity index (χ1v) is 7.04. The largest absolute Gasteiger partial charge is 0.418 e. The Morgan fingerprint density at radius 3 is 2.55 bits per heavy atom. The third-order valence-electron chi connectivity index (χ3n) is 2.98. The van der Waals surface area contributed by atoms with Crippen molar-refractivity contribution in [3.05, 3.63) is 46.2 Å². The van der Waals surface area contributed by atoms with Gasteiger partial charge >= 0.3 is 6.18 Å². The van der Waals surface area contributed by atoms with E-state index in [2.05, 4.69) is 0 Å². The maximum atomic E-state index is 13.1. The Bertz CT molecular complexity index is 564. The van der Waals surface area contributed by atoms with E-state index in [0.29, 0.717) is 13.1 Å². The molecule has 1 heterocycles. The number of halogens is 3. The van der Waals surface area contributed by atoms with E-state index < -0.39 is 11.7 Å². The lowest BCUT2D eigenvalue weighted by atomic mass is 10.1. The third-order valence-corrected chi connectivity index (χ3v) is 3.84. The minimum atomic E-state index is -4.41. The number of nitrogen functional groups attached to an aromatic ring is 1. The highest BCUT2D eigenvalue weighted by Crippen LogP contribution is 2.38. The van der Waals surface area contributed by atoms with Crippen LogP contribution in [-0.2, 0) is 12.7 Å². The van der Waals surface area contributed by atoms with Gasteiger partial charge in [0.15, 0.2) is 0 Å². The predicted molar refractivity (Wildman–Crippen MR) is 76.9 cm³/mol. The van der Waals surface area contributed by atoms with Gasteiger partial charge in [-0.05, 0) is 36.6 Å². The maximum Gasteiger partial charge on any atom is 0.418 e. The molecule has 1 aromatic carbocycles. The fraction of sp³-hybridized carbons (Fsp3) is 0.286. The van der Waals surface area contributed by atoms with Gasteiger partial charge in [-0.3, -0.25) is 0 Å². The number of hydrogen-bond donors (Lipinski definition) is 1. The molecule has 2 aromatic rings. The third kappa shape index (κ3) is 3.25. The Kier molecular flexibility index (Phi) is 4.23. The molecule has 6 heteroatoms. The highest BCUT2D eigenvalue weighted by atomic mass is 32.1. The van der Waals surface area contributed by atoms with Crippen molar-refractivity contribution in [2.45, 2.75) is 19.6 Å². The molecule has 0 fully saturated rings. The van der Waals surface area contributed by atoms with E-state index >= 15 is 0 Å². The van der Waals surface area contributed by atoms with Crippen molar-refractivity contribution >= 4 is 22.7 Å². The molecule has 0 spiro atoms. The van der Waals surface area contributed by atoms with Crippen LogP contribution in [0.1, 0.15) is 17.4 Å². The lowest BCUT2D eigenvalue weighted by molar-refractivity contribution is -0.137. The van der Waals surface area contributed by atoms with E-state index in [0.717, 1.165) is 10.9 Å². The van der Waals surface area contributed by atoms with Crippen LogP contribution in [0.4, 0.5) is 24.5 Å². The minimum absolute atomic E-state index is 0.119. The van der Waals surface area contributed by atoms with Crippen LogP contribution in [0.25, 0.3) is 0 Å². The average molecular weight is 300 g/mol. The van der Waals surface area contributed by atoms with Gasteiger partial charge in [-0.1, -0.05) is 6.07 Å². The van der Waals surface area contributed by atoms with E-state index in [1.165, 1.54) is 23.5 Å². The summed E-state index contributed by atoms with van der Waals surface area (Å²) in [5.41, 5.74) is 5.09. The number of alkyl halides is 3. The van der Waals surface area contributed by atoms with Gasteiger partial charge in [0, 0.05) is 22.8 Å². The van der Waals surface area contributed by atoms with Crippen LogP contribution < -0.4 is 10.6 Å². The van der Waals surface area contributed by atoms with Gasteiger partial charge in [0.25, 0.3) is 0 Å². The first-order valence-electron chi connectivity index (χ1n) is 6.16. The molecule has 0 aliphatic heterocycles. The summed E-state index contributed by atoms with van der Waals surface area (Å²) in [5, 5.41) is 1.91. The Balaban J connectivity index is 2.38. The molecule has 0 bridgehead atoms. The molecule has 0 saturated carbocycles. The summed E-state index contributed by atoms with van der Waals surface area (Å²) < 4.78 is 39.4. The molecule has 20 heavy (non-hydrogen) atoms. The fourth-order valence-electron chi connectivity index (χ4n) is 2.01. The van der Waals surface area contributed by atoms with Crippen molar-refractivity contribution in [2.75, 3.05) is 17.2 Å². The van der Waals surface area contributed by atoms with E-state index in [9.17, 15) is 13.2 Å². The van der Waals surface area contributed by atoms with E-state index in [1.54, 1.807) is 4.90 Å². The molecule has 108 valence electrons. The quantitative estimate of drug-likeness (QED) is 0.849. The molecule has 0 aliphatic carbocycles. The van der Waals surface area contributed by atoms with Crippen LogP contribution in [0.15, 0.2) is 35.7 Å². The van der Waals surface area contributed by atoms with Crippen LogP contribution in [0.3, 0.4) is 0 Å². The van der Waals surface area contributed by atoms with Gasteiger partial charge in [0.05, 0.1) is 12.1 Å². The number of benzene rings is 1. The number of nitrogens with zero attached hydrogens (tertiary/aromatic N) is 1. The van der Waals surface area contributed by atoms with Gasteiger partial charge in [-0.15, -0.1) is 11.3 Å². The summed E-state index contributed by atoms with van der Waals surface area (Å²) in [6.07, 6.45) is -4.41. The van der Waals surface area contributed by atoms with Gasteiger partial charge in [-0.25, -0.2) is 0 Å². The van der Waals surface area contributed by atoms with Crippen molar-refractivity contribution in [3.8, 4) is 0 Å². The molecule has 0 saturated heterocycles. The highest BCUT2D eigenvalue weighted by molar-refractivity contribution is 7.09. The van der Waals surface area contributed by atoms with Crippen LogP contribution in [0, 0.1) is 0 Å². The van der Waals surface area contributed by atoms with Crippen LogP contribution in [0.5, 0.6) is 0 Å². The zero-order valence-electron chi connectivity index (χ0n) is 10.9. The van der Waals surface area contributed by atoms with Crippen molar-refractivity contribution in [1.82, 2.24) is 0 Å². The summed E-state index contributed by atoms with van der Waals surface area (Å²) in [7, 11) is 0. The lowest BCUT2D eigenvalue weighted by Crippen LogP contribution is -2.25. The molecular weight excluding hydrogens is 285 g/mol. The van der Waals surface area contributed by atoms with Crippen LogP contribution >= 0.6 is 11.3 Å². The van der Waals surface area contributed by atoms with Crippen LogP contribution in [-0.4, -0.2) is 6.54 Å². The molecule has 0 amide bonds. The first kappa shape index (κ1) is 14.7. The van der Waals surface area contributed by atoms with Crippen molar-refractivity contribution in [2.24, 2.45) is 0 Å². The zero-order valence-corrected chi connectivity index (χ0v) is 11.8. The highest BCUT2D eigenvalue weighted by Gasteiger charge is 2.35. The summed E-state index contributed by atoms with van der Waals surface area (Å²) in [4.78, 5) is 2.73. The van der Waals surface area contributed by atoms with E-state index in [-0.39, 0.29) is 11.4 Å². The second-order valence-corrected chi connectivity index (χ2v) is 5.40. The lowest BCUT2D eigenvalue weighted by Gasteiger charge is -2.26. The smallest absolute Gasteiger partial charge is 0.399 e. The zero-order chi connectivity index (χ0) is 14.8. The molecule has 2 nitrogen and oxygen atoms in total. The molecule has 0 unspecified atom stereocenters. The summed E-state index contributed by atoms with van der Waals surface area (Å²) in [5.74, 6) is 0. The fourth-order valence-corrected chi connectivity index (χ4v) is 2.73. The SMILES string of the molecule is CCN(Cc1cccs1)c1ccc(N)cc1C(F)(F)F. The van der Waals surface area contributed by atoms with E-state index in [4.69, 9.17) is 5.73 Å². The van der Waals surface area contributed by atoms with Gasteiger partial charge in [0.1, 0.15) is 0 Å². The van der Waals surface area contributed by atoms with E-state index in [1.807, 2.05) is 24.4 Å². The topological polar surface area (TPSA) is 29.3 Å². The van der Waals surface area contributed by atoms with Crippen molar-refractivity contribution in [3.63, 3.8) is 0 Å². The molecule has 2 rings (SSSR count). The number of thiophene rings is 1. The molecule has 0 atom stereocenters. The monoisotopic (exact) mass is 300 g/mol. The summed E-state index contributed by atoms with van der Waals surface area (Å²) in [6, 6.07) is 7.74. The Hall–Kier alpha value is -1.69. The summed E-state index contributed by atoms with van der Waals surface area (Å²) >= 11 is 1.53. The minimum Gasteiger partial charge on any atom is -0.399 e. The molecule has 0 aliphatic rings. The number of anilines is 2. The Morgan fingerprint density at radius 1 is 1.25 bits per heavy atom. The van der Waals surface area contributed by atoms with Gasteiger partial charge in [-0.2, -0.15) is 13.2 Å². The predicted octanol–water partition coefficient (Wildman–Crippen LogP) is 4.38. The number of hydrogen-bond acceptors (Lipinski definition) is 3. The van der Waals surface area contributed by atoms with Gasteiger partial charge in [0.2, 0.25) is 0 Å². The van der Waals surface area contributed by atoms with Crippen molar-refractivity contribution in [1.29, 1.82) is 0 Å². The number of nitrogens with two attached hydrogens (primary N) is 1. The molecule has 1 aromatic heterocycles. The number of rotatable bonds is 4. The second kappa shape index (κ2) is 5.75. The van der Waals surface area contributed by atoms with Crippen LogP contribution in [0.2, 0.25) is 0 Å². The average Bonchev–Trinajstić information content (AvgIpc) is 2.88. The normalized spacial score (nSPS) is 11.6. The maximum absolute atomic E-state index is 13.1. The molecule has 2 N–H and O–H groups in total. The Morgan fingerprint density at radius 2 is 2.00 bits per heavy atom. The Labute approximate surface area is 119 Å². The molecule has 0 radical (unpaired) electrons. The molecular formula is C14H15F3N2S. The first-order chi connectivity index (χ1) is 9.41. The van der Waals surface area contributed by atoms with Crippen molar-refractivity contribution < 1.29 is 13.2 Å². The second-order valence-electron chi connectivity index (χ2n) is 4.37.